The van der Waals surface area contributed by atoms with E-state index < -0.39 is 0 Å². The van der Waals surface area contributed by atoms with Crippen molar-refractivity contribution in [2.75, 3.05) is 18.4 Å². The second-order valence-electron chi connectivity index (χ2n) is 2.99. The zero-order valence-electron chi connectivity index (χ0n) is 8.46. The first kappa shape index (κ1) is 11.7. The van der Waals surface area contributed by atoms with Crippen molar-refractivity contribution in [3.8, 4) is 0 Å². The van der Waals surface area contributed by atoms with E-state index in [1.165, 1.54) is 13.3 Å². The Hall–Kier alpha value is -1.36. The molecule has 6 heteroatoms. The molecule has 2 N–H and O–H groups in total. The van der Waals surface area contributed by atoms with Gasteiger partial charge in [-0.15, -0.1) is 0 Å². The minimum absolute atomic E-state index is 0.0138. The summed E-state index contributed by atoms with van der Waals surface area (Å²) in [5.74, 6) is 0.679. The summed E-state index contributed by atoms with van der Waals surface area (Å²) in [6, 6.07) is 1.65. The Morgan fingerprint density at radius 1 is 1.47 bits per heavy atom. The molecule has 15 heavy (non-hydrogen) atoms. The summed E-state index contributed by atoms with van der Waals surface area (Å²) in [7, 11) is 0. The average Bonchev–Trinajstić information content (AvgIpc) is 2.17. The van der Waals surface area contributed by atoms with Crippen LogP contribution in [-0.2, 0) is 4.79 Å². The highest BCUT2D eigenvalue weighted by Gasteiger charge is 1.95. The molecule has 0 fully saturated rings. The normalized spacial score (nSPS) is 9.73. The smallest absolute Gasteiger partial charge is 0.216 e. The standard InChI is InChI=1S/C9H13ClN4O/c1-7(15)11-3-2-4-12-9-5-8(10)13-6-14-9/h5-6H,2-4H2,1H3,(H,11,15)(H,12,13,14). The Morgan fingerprint density at radius 2 is 2.27 bits per heavy atom. The van der Waals surface area contributed by atoms with Crippen molar-refractivity contribution in [1.29, 1.82) is 0 Å². The molecule has 5 nitrogen and oxygen atoms in total. The molecule has 1 heterocycles. The second-order valence-corrected chi connectivity index (χ2v) is 3.38. The number of nitrogens with zero attached hydrogens (tertiary/aromatic N) is 2. The summed E-state index contributed by atoms with van der Waals surface area (Å²) in [5.41, 5.74) is 0. The van der Waals surface area contributed by atoms with E-state index in [9.17, 15) is 4.79 Å². The number of carbonyl (C=O) groups is 1. The van der Waals surface area contributed by atoms with Gasteiger partial charge in [-0.2, -0.15) is 0 Å². The summed E-state index contributed by atoms with van der Waals surface area (Å²) in [6.45, 7) is 2.88. The van der Waals surface area contributed by atoms with E-state index in [-0.39, 0.29) is 5.91 Å². The number of nitrogens with one attached hydrogen (secondary N) is 2. The third-order valence-corrected chi connectivity index (χ3v) is 1.87. The van der Waals surface area contributed by atoms with Crippen LogP contribution >= 0.6 is 11.6 Å². The van der Waals surface area contributed by atoms with E-state index in [1.807, 2.05) is 0 Å². The lowest BCUT2D eigenvalue weighted by molar-refractivity contribution is -0.118. The van der Waals surface area contributed by atoms with Gasteiger partial charge in [0.2, 0.25) is 5.91 Å². The monoisotopic (exact) mass is 228 g/mol. The molecule has 0 aromatic carbocycles. The van der Waals surface area contributed by atoms with Crippen LogP contribution in [0.2, 0.25) is 5.15 Å². The topological polar surface area (TPSA) is 66.9 Å². The molecule has 1 amide bonds. The van der Waals surface area contributed by atoms with Gasteiger partial charge in [0, 0.05) is 26.1 Å². The molecule has 0 saturated carbocycles. The van der Waals surface area contributed by atoms with Gasteiger partial charge in [-0.25, -0.2) is 9.97 Å². The molecule has 0 saturated heterocycles. The molecule has 0 aliphatic rings. The molecule has 1 rings (SSSR count). The maximum absolute atomic E-state index is 10.6. The molecule has 1 aromatic heterocycles. The molecule has 0 spiro atoms. The lowest BCUT2D eigenvalue weighted by Crippen LogP contribution is -2.22. The predicted molar refractivity (Wildman–Crippen MR) is 58.8 cm³/mol. The van der Waals surface area contributed by atoms with Crippen molar-refractivity contribution < 1.29 is 4.79 Å². The summed E-state index contributed by atoms with van der Waals surface area (Å²) >= 11 is 5.68. The summed E-state index contributed by atoms with van der Waals surface area (Å²) < 4.78 is 0. The van der Waals surface area contributed by atoms with E-state index in [4.69, 9.17) is 11.6 Å². The van der Waals surface area contributed by atoms with Gasteiger partial charge in [-0.1, -0.05) is 11.6 Å². The molecule has 0 atom stereocenters. The van der Waals surface area contributed by atoms with Gasteiger partial charge in [0.15, 0.2) is 0 Å². The lowest BCUT2D eigenvalue weighted by Gasteiger charge is -2.05. The Balaban J connectivity index is 2.17. The van der Waals surface area contributed by atoms with Crippen LogP contribution in [0.4, 0.5) is 5.82 Å². The molecule has 1 aromatic rings. The van der Waals surface area contributed by atoms with E-state index in [0.29, 0.717) is 17.5 Å². The third kappa shape index (κ3) is 5.17. The molecule has 0 unspecified atom stereocenters. The van der Waals surface area contributed by atoms with Crippen molar-refractivity contribution in [3.05, 3.63) is 17.5 Å². The molecule has 0 radical (unpaired) electrons. The van der Waals surface area contributed by atoms with Crippen LogP contribution in [0.1, 0.15) is 13.3 Å². The van der Waals surface area contributed by atoms with Gasteiger partial charge >= 0.3 is 0 Å². The van der Waals surface area contributed by atoms with Gasteiger partial charge in [0.05, 0.1) is 0 Å². The minimum Gasteiger partial charge on any atom is -0.370 e. The van der Waals surface area contributed by atoms with Crippen LogP contribution in [0.25, 0.3) is 0 Å². The fraction of sp³-hybridized carbons (Fsp3) is 0.444. The predicted octanol–water partition coefficient (Wildman–Crippen LogP) is 1.07. The molecule has 0 aliphatic carbocycles. The highest BCUT2D eigenvalue weighted by molar-refractivity contribution is 6.29. The largest absolute Gasteiger partial charge is 0.370 e. The van der Waals surface area contributed by atoms with E-state index >= 15 is 0 Å². The Morgan fingerprint density at radius 3 is 2.93 bits per heavy atom. The fourth-order valence-electron chi connectivity index (χ4n) is 1.000. The molecule has 0 bridgehead atoms. The number of aromatic nitrogens is 2. The minimum atomic E-state index is -0.0138. The second kappa shape index (κ2) is 6.19. The van der Waals surface area contributed by atoms with Gasteiger partial charge in [-0.05, 0) is 6.42 Å². The van der Waals surface area contributed by atoms with Crippen LogP contribution in [-0.4, -0.2) is 29.0 Å². The quantitative estimate of drug-likeness (QED) is 0.585. The van der Waals surface area contributed by atoms with E-state index in [1.54, 1.807) is 6.07 Å². The van der Waals surface area contributed by atoms with Crippen LogP contribution in [0.5, 0.6) is 0 Å². The highest BCUT2D eigenvalue weighted by atomic mass is 35.5. The summed E-state index contributed by atoms with van der Waals surface area (Å²) in [6.07, 6.45) is 2.24. The van der Waals surface area contributed by atoms with Crippen molar-refractivity contribution in [1.82, 2.24) is 15.3 Å². The van der Waals surface area contributed by atoms with E-state index in [2.05, 4.69) is 20.6 Å². The number of carbonyl (C=O) groups excluding carboxylic acids is 1. The van der Waals surface area contributed by atoms with Gasteiger partial charge < -0.3 is 10.6 Å². The van der Waals surface area contributed by atoms with Crippen molar-refractivity contribution in [2.45, 2.75) is 13.3 Å². The van der Waals surface area contributed by atoms with Crippen LogP contribution in [0.3, 0.4) is 0 Å². The third-order valence-electron chi connectivity index (χ3n) is 1.67. The van der Waals surface area contributed by atoms with Crippen molar-refractivity contribution in [2.24, 2.45) is 0 Å². The first-order valence-electron chi connectivity index (χ1n) is 4.64. The first-order chi connectivity index (χ1) is 7.18. The number of amides is 1. The number of anilines is 1. The number of halogens is 1. The fourth-order valence-corrected chi connectivity index (χ4v) is 1.15. The average molecular weight is 229 g/mol. The maximum atomic E-state index is 10.6. The van der Waals surface area contributed by atoms with Crippen molar-refractivity contribution >= 4 is 23.3 Å². The summed E-state index contributed by atoms with van der Waals surface area (Å²) in [5, 5.41) is 6.19. The number of hydrogen-bond donors (Lipinski definition) is 2. The van der Waals surface area contributed by atoms with Crippen LogP contribution in [0.15, 0.2) is 12.4 Å². The van der Waals surface area contributed by atoms with Crippen LogP contribution in [0, 0.1) is 0 Å². The van der Waals surface area contributed by atoms with Gasteiger partial charge in [-0.3, -0.25) is 4.79 Å². The first-order valence-corrected chi connectivity index (χ1v) is 5.02. The van der Waals surface area contributed by atoms with Crippen molar-refractivity contribution in [3.63, 3.8) is 0 Å². The van der Waals surface area contributed by atoms with Crippen LogP contribution < -0.4 is 10.6 Å². The zero-order valence-corrected chi connectivity index (χ0v) is 9.21. The highest BCUT2D eigenvalue weighted by Crippen LogP contribution is 2.07. The molecular formula is C9H13ClN4O. The SMILES string of the molecule is CC(=O)NCCCNc1cc(Cl)ncn1. The summed E-state index contributed by atoms with van der Waals surface area (Å²) in [4.78, 5) is 18.3. The Labute approximate surface area is 93.3 Å². The van der Waals surface area contributed by atoms with Gasteiger partial charge in [0.25, 0.3) is 0 Å². The maximum Gasteiger partial charge on any atom is 0.216 e. The number of rotatable bonds is 5. The Kier molecular flexibility index (Phi) is 4.83. The lowest BCUT2D eigenvalue weighted by atomic mass is 10.4. The van der Waals surface area contributed by atoms with Gasteiger partial charge in [0.1, 0.15) is 17.3 Å². The molecular weight excluding hydrogens is 216 g/mol. The zero-order chi connectivity index (χ0) is 11.1. The number of hydrogen-bond acceptors (Lipinski definition) is 4. The molecule has 0 aliphatic heterocycles. The van der Waals surface area contributed by atoms with E-state index in [0.717, 1.165) is 13.0 Å². The Bertz CT molecular complexity index is 332. The molecule has 82 valence electrons.